The highest BCUT2D eigenvalue weighted by atomic mass is 14.4. The Bertz CT molecular complexity index is 356. The van der Waals surface area contributed by atoms with Crippen LogP contribution in [0.3, 0.4) is 0 Å². The van der Waals surface area contributed by atoms with Gasteiger partial charge in [0.15, 0.2) is 0 Å². The van der Waals surface area contributed by atoms with Crippen molar-refractivity contribution in [3.05, 3.63) is 0 Å². The largest absolute Gasteiger partial charge is 0.0654 e. The molecule has 0 saturated heterocycles. The molecule has 3 aliphatic carbocycles. The van der Waals surface area contributed by atoms with Crippen molar-refractivity contribution in [1.82, 2.24) is 0 Å². The molecule has 0 heteroatoms. The van der Waals surface area contributed by atoms with Crippen LogP contribution in [0, 0.1) is 29.1 Å². The van der Waals surface area contributed by atoms with E-state index >= 15 is 0 Å². The second kappa shape index (κ2) is 9.80. The van der Waals surface area contributed by atoms with Crippen LogP contribution >= 0.6 is 0 Å². The Hall–Kier alpha value is 0. The number of unbranched alkanes of at least 4 members (excludes halogenated alkanes) is 1. The third-order valence-corrected chi connectivity index (χ3v) is 8.31. The topological polar surface area (TPSA) is 0 Å². The summed E-state index contributed by atoms with van der Waals surface area (Å²) in [5.41, 5.74) is 0.685. The highest BCUT2D eigenvalue weighted by Crippen LogP contribution is 2.49. The molecule has 0 aromatic rings. The van der Waals surface area contributed by atoms with Gasteiger partial charge in [-0.3, -0.25) is 0 Å². The van der Waals surface area contributed by atoms with E-state index in [1.54, 1.807) is 38.5 Å². The Balaban J connectivity index is 1.61. The summed E-state index contributed by atoms with van der Waals surface area (Å²) < 4.78 is 0. The number of rotatable bonds is 6. The highest BCUT2D eigenvalue weighted by Gasteiger charge is 2.37. The molecule has 0 aliphatic heterocycles. The van der Waals surface area contributed by atoms with E-state index < -0.39 is 0 Å². The average Bonchev–Trinajstić information content (AvgIpc) is 2.85. The Morgan fingerprint density at radius 3 is 2.04 bits per heavy atom. The first-order valence-electron chi connectivity index (χ1n) is 12.2. The van der Waals surface area contributed by atoms with Crippen LogP contribution < -0.4 is 0 Å². The summed E-state index contributed by atoms with van der Waals surface area (Å²) in [6.45, 7) is 5.04. The van der Waals surface area contributed by atoms with Crippen LogP contribution in [-0.4, -0.2) is 0 Å². The Morgan fingerprint density at radius 1 is 0.720 bits per heavy atom. The molecule has 0 radical (unpaired) electrons. The van der Waals surface area contributed by atoms with Crippen molar-refractivity contribution in [1.29, 1.82) is 0 Å². The van der Waals surface area contributed by atoms with E-state index in [4.69, 9.17) is 0 Å². The molecule has 3 aliphatic rings. The van der Waals surface area contributed by atoms with Crippen LogP contribution in [-0.2, 0) is 0 Å². The molecule has 0 bridgehead atoms. The van der Waals surface area contributed by atoms with E-state index in [0.29, 0.717) is 5.41 Å². The van der Waals surface area contributed by atoms with Gasteiger partial charge in [-0.2, -0.15) is 0 Å². The van der Waals surface area contributed by atoms with Gasteiger partial charge < -0.3 is 0 Å². The SMILES string of the molecule is CCCCC1CC(CC2(C)CCCCCC2)CC(C2CCCCC2)C1. The van der Waals surface area contributed by atoms with Crippen molar-refractivity contribution in [2.75, 3.05) is 0 Å². The molecule has 0 aromatic heterocycles. The third-order valence-electron chi connectivity index (χ3n) is 8.31. The van der Waals surface area contributed by atoms with Gasteiger partial charge in [0.2, 0.25) is 0 Å². The summed E-state index contributed by atoms with van der Waals surface area (Å²) >= 11 is 0. The molecule has 3 saturated carbocycles. The molecule has 0 aromatic carbocycles. The number of hydrogen-bond acceptors (Lipinski definition) is 0. The fourth-order valence-corrected chi connectivity index (χ4v) is 6.99. The molecule has 0 N–H and O–H groups in total. The standard InChI is InChI=1S/C25H46/c1-3-4-12-21-17-22(20-25(2)15-10-5-6-11-16-25)19-24(18-21)23-13-8-7-9-14-23/h21-24H,3-20H2,1-2H3. The van der Waals surface area contributed by atoms with Crippen molar-refractivity contribution in [2.24, 2.45) is 29.1 Å². The van der Waals surface area contributed by atoms with Crippen LogP contribution in [0.15, 0.2) is 0 Å². The maximum absolute atomic E-state index is 2.66. The first-order chi connectivity index (χ1) is 12.2. The zero-order valence-electron chi connectivity index (χ0n) is 17.5. The van der Waals surface area contributed by atoms with Gasteiger partial charge >= 0.3 is 0 Å². The summed E-state index contributed by atoms with van der Waals surface area (Å²) in [5.74, 6) is 4.32. The molecule has 0 nitrogen and oxygen atoms in total. The molecule has 0 spiro atoms. The third kappa shape index (κ3) is 6.00. The highest BCUT2D eigenvalue weighted by molar-refractivity contribution is 4.88. The van der Waals surface area contributed by atoms with Crippen LogP contribution in [0.1, 0.15) is 129 Å². The minimum absolute atomic E-state index is 0.685. The summed E-state index contributed by atoms with van der Waals surface area (Å²) in [4.78, 5) is 0. The Morgan fingerprint density at radius 2 is 1.36 bits per heavy atom. The second-order valence-electron chi connectivity index (χ2n) is 10.7. The molecule has 3 atom stereocenters. The molecule has 3 rings (SSSR count). The van der Waals surface area contributed by atoms with Gasteiger partial charge in [-0.25, -0.2) is 0 Å². The Kier molecular flexibility index (Phi) is 7.74. The van der Waals surface area contributed by atoms with Gasteiger partial charge in [-0.15, -0.1) is 0 Å². The monoisotopic (exact) mass is 346 g/mol. The predicted molar refractivity (Wildman–Crippen MR) is 111 cm³/mol. The van der Waals surface area contributed by atoms with Gasteiger partial charge in [0.1, 0.15) is 0 Å². The molecule has 3 unspecified atom stereocenters. The fraction of sp³-hybridized carbons (Fsp3) is 1.00. The quantitative estimate of drug-likeness (QED) is 0.423. The number of hydrogen-bond donors (Lipinski definition) is 0. The molecular formula is C25H46. The zero-order valence-corrected chi connectivity index (χ0v) is 17.5. The first kappa shape index (κ1) is 19.8. The van der Waals surface area contributed by atoms with Crippen LogP contribution in [0.4, 0.5) is 0 Å². The van der Waals surface area contributed by atoms with Crippen LogP contribution in [0.2, 0.25) is 0 Å². The van der Waals surface area contributed by atoms with Crippen molar-refractivity contribution < 1.29 is 0 Å². The molecule has 0 heterocycles. The van der Waals surface area contributed by atoms with Gasteiger partial charge in [-0.05, 0) is 67.6 Å². The lowest BCUT2D eigenvalue weighted by atomic mass is 9.62. The van der Waals surface area contributed by atoms with E-state index in [2.05, 4.69) is 13.8 Å². The lowest BCUT2D eigenvalue weighted by molar-refractivity contribution is 0.0804. The summed E-state index contributed by atoms with van der Waals surface area (Å²) in [7, 11) is 0. The van der Waals surface area contributed by atoms with E-state index in [1.165, 1.54) is 77.0 Å². The fourth-order valence-electron chi connectivity index (χ4n) is 6.99. The van der Waals surface area contributed by atoms with Crippen molar-refractivity contribution in [2.45, 2.75) is 129 Å². The summed E-state index contributed by atoms with van der Waals surface area (Å²) in [6, 6.07) is 0. The van der Waals surface area contributed by atoms with Gasteiger partial charge in [-0.1, -0.05) is 90.9 Å². The van der Waals surface area contributed by atoms with E-state index in [1.807, 2.05) is 0 Å². The second-order valence-corrected chi connectivity index (χ2v) is 10.7. The minimum atomic E-state index is 0.685. The molecule has 0 amide bonds. The van der Waals surface area contributed by atoms with E-state index in [9.17, 15) is 0 Å². The smallest absolute Gasteiger partial charge is 0.0323 e. The molecule has 146 valence electrons. The van der Waals surface area contributed by atoms with E-state index in [0.717, 1.165) is 23.7 Å². The van der Waals surface area contributed by atoms with Gasteiger partial charge in [0.05, 0.1) is 0 Å². The lowest BCUT2D eigenvalue weighted by Crippen LogP contribution is -2.32. The maximum Gasteiger partial charge on any atom is -0.0323 e. The van der Waals surface area contributed by atoms with Crippen molar-refractivity contribution in [3.63, 3.8) is 0 Å². The normalized spacial score (nSPS) is 34.6. The van der Waals surface area contributed by atoms with Crippen molar-refractivity contribution in [3.8, 4) is 0 Å². The lowest BCUT2D eigenvalue weighted by Gasteiger charge is -2.43. The van der Waals surface area contributed by atoms with Gasteiger partial charge in [0.25, 0.3) is 0 Å². The van der Waals surface area contributed by atoms with Crippen LogP contribution in [0.25, 0.3) is 0 Å². The average molecular weight is 347 g/mol. The first-order valence-corrected chi connectivity index (χ1v) is 12.2. The zero-order chi connectivity index (χ0) is 17.5. The minimum Gasteiger partial charge on any atom is -0.0654 e. The molecule has 3 fully saturated rings. The molecular weight excluding hydrogens is 300 g/mol. The maximum atomic E-state index is 2.66. The van der Waals surface area contributed by atoms with Crippen molar-refractivity contribution >= 4 is 0 Å². The Labute approximate surface area is 158 Å². The summed E-state index contributed by atoms with van der Waals surface area (Å²) in [6.07, 6.45) is 27.5. The van der Waals surface area contributed by atoms with Crippen LogP contribution in [0.5, 0.6) is 0 Å². The summed E-state index contributed by atoms with van der Waals surface area (Å²) in [5, 5.41) is 0. The predicted octanol–water partition coefficient (Wildman–Crippen LogP) is 8.54. The molecule has 25 heavy (non-hydrogen) atoms. The van der Waals surface area contributed by atoms with E-state index in [-0.39, 0.29) is 0 Å². The van der Waals surface area contributed by atoms with Gasteiger partial charge in [0, 0.05) is 0 Å².